The molecule has 1 aromatic heterocycles. The average Bonchev–Trinajstić information content (AvgIpc) is 3.12. The summed E-state index contributed by atoms with van der Waals surface area (Å²) >= 11 is 0. The van der Waals surface area contributed by atoms with Crippen molar-refractivity contribution in [1.29, 1.82) is 0 Å². The maximum absolute atomic E-state index is 12.8. The summed E-state index contributed by atoms with van der Waals surface area (Å²) in [7, 11) is 0. The van der Waals surface area contributed by atoms with E-state index in [1.165, 1.54) is 29.1 Å². The number of carbonyl (C=O) groups is 1. The summed E-state index contributed by atoms with van der Waals surface area (Å²) in [5.41, 5.74) is 5.43. The first-order chi connectivity index (χ1) is 12.4. The molecule has 1 aliphatic rings. The van der Waals surface area contributed by atoms with Crippen LogP contribution >= 0.6 is 0 Å². The van der Waals surface area contributed by atoms with Crippen molar-refractivity contribution in [2.24, 2.45) is 11.7 Å². The lowest BCUT2D eigenvalue weighted by atomic mass is 9.84. The fraction of sp³-hybridized carbons (Fsp3) is 0.444. The maximum atomic E-state index is 12.8. The number of carbonyl (C=O) groups excluding carboxylic acids is 1. The van der Waals surface area contributed by atoms with E-state index in [0.717, 1.165) is 37.8 Å². The van der Waals surface area contributed by atoms with E-state index >= 15 is 0 Å². The number of alkyl halides is 3. The minimum atomic E-state index is -4.43. The van der Waals surface area contributed by atoms with Crippen molar-refractivity contribution >= 4 is 5.91 Å². The Balaban J connectivity index is 1.74. The zero-order valence-electron chi connectivity index (χ0n) is 14.2. The van der Waals surface area contributed by atoms with Crippen LogP contribution in [0, 0.1) is 5.92 Å². The van der Waals surface area contributed by atoms with Crippen molar-refractivity contribution in [1.82, 2.24) is 15.1 Å². The van der Waals surface area contributed by atoms with Gasteiger partial charge in [-0.1, -0.05) is 18.9 Å². The number of benzene rings is 1. The lowest BCUT2D eigenvalue weighted by Crippen LogP contribution is -2.44. The predicted octanol–water partition coefficient (Wildman–Crippen LogP) is 3.14. The van der Waals surface area contributed by atoms with Crippen LogP contribution in [0.2, 0.25) is 0 Å². The number of nitrogens with zero attached hydrogens (tertiary/aromatic N) is 2. The summed E-state index contributed by atoms with van der Waals surface area (Å²) in [6.07, 6.45) is 1.06. The Hall–Kier alpha value is -2.35. The molecule has 1 fully saturated rings. The van der Waals surface area contributed by atoms with Gasteiger partial charge < -0.3 is 11.1 Å². The molecule has 2 unspecified atom stereocenters. The Morgan fingerprint density at radius 3 is 2.77 bits per heavy atom. The summed E-state index contributed by atoms with van der Waals surface area (Å²) < 4.78 is 39.8. The summed E-state index contributed by atoms with van der Waals surface area (Å²) in [5, 5.41) is 7.09. The third-order valence-corrected chi connectivity index (χ3v) is 4.79. The topological polar surface area (TPSA) is 72.9 Å². The third-order valence-electron chi connectivity index (χ3n) is 4.79. The number of nitrogens with two attached hydrogens (primary N) is 1. The molecule has 26 heavy (non-hydrogen) atoms. The Morgan fingerprint density at radius 1 is 1.27 bits per heavy atom. The fourth-order valence-corrected chi connectivity index (χ4v) is 3.34. The van der Waals surface area contributed by atoms with Crippen molar-refractivity contribution in [3.05, 3.63) is 47.8 Å². The second-order valence-corrected chi connectivity index (χ2v) is 6.55. The third kappa shape index (κ3) is 4.07. The summed E-state index contributed by atoms with van der Waals surface area (Å²) in [5.74, 6) is -0.0840. The molecule has 1 aromatic carbocycles. The Morgan fingerprint density at radius 2 is 2.04 bits per heavy atom. The standard InChI is InChI=1S/C18H21F3N4O/c19-18(20,21)13-5-3-6-14(10-13)25-9-8-16(24-25)17(26)23-15-7-2-1-4-12(15)11-22/h3,5-6,8-10,12,15H,1-2,4,7,11,22H2,(H,23,26). The predicted molar refractivity (Wildman–Crippen MR) is 90.8 cm³/mol. The van der Waals surface area contributed by atoms with Gasteiger partial charge in [-0.3, -0.25) is 4.79 Å². The van der Waals surface area contributed by atoms with E-state index < -0.39 is 11.7 Å². The minimum absolute atomic E-state index is 0.0138. The van der Waals surface area contributed by atoms with Crippen LogP contribution in [-0.2, 0) is 6.18 Å². The van der Waals surface area contributed by atoms with Gasteiger partial charge in [0.15, 0.2) is 5.69 Å². The lowest BCUT2D eigenvalue weighted by molar-refractivity contribution is -0.137. The molecule has 0 spiro atoms. The van der Waals surface area contributed by atoms with Gasteiger partial charge in [0, 0.05) is 12.2 Å². The van der Waals surface area contributed by atoms with Gasteiger partial charge in [0.2, 0.25) is 0 Å². The largest absolute Gasteiger partial charge is 0.416 e. The number of hydrogen-bond acceptors (Lipinski definition) is 3. The molecule has 0 bridgehead atoms. The Kier molecular flexibility index (Phi) is 5.31. The highest BCUT2D eigenvalue weighted by atomic mass is 19.4. The van der Waals surface area contributed by atoms with E-state index in [4.69, 9.17) is 5.73 Å². The first kappa shape index (κ1) is 18.4. The number of halogens is 3. The van der Waals surface area contributed by atoms with Gasteiger partial charge in [0.25, 0.3) is 5.91 Å². The zero-order chi connectivity index (χ0) is 18.7. The van der Waals surface area contributed by atoms with E-state index in [1.807, 2.05) is 0 Å². The molecule has 3 N–H and O–H groups in total. The van der Waals surface area contributed by atoms with Crippen LogP contribution in [-0.4, -0.2) is 28.3 Å². The molecule has 3 rings (SSSR count). The monoisotopic (exact) mass is 366 g/mol. The summed E-state index contributed by atoms with van der Waals surface area (Å²) in [6.45, 7) is 0.517. The highest BCUT2D eigenvalue weighted by molar-refractivity contribution is 5.92. The Labute approximate surface area is 149 Å². The SMILES string of the molecule is NCC1CCCCC1NC(=O)c1ccn(-c2cccc(C(F)(F)F)c2)n1. The van der Waals surface area contributed by atoms with Crippen LogP contribution in [0.25, 0.3) is 5.69 Å². The van der Waals surface area contributed by atoms with Crippen molar-refractivity contribution in [3.63, 3.8) is 0 Å². The van der Waals surface area contributed by atoms with Crippen molar-refractivity contribution in [2.75, 3.05) is 6.54 Å². The second-order valence-electron chi connectivity index (χ2n) is 6.55. The van der Waals surface area contributed by atoms with Crippen LogP contribution in [0.1, 0.15) is 41.7 Å². The molecular formula is C18H21F3N4O. The van der Waals surface area contributed by atoms with Crippen LogP contribution < -0.4 is 11.1 Å². The van der Waals surface area contributed by atoms with Gasteiger partial charge in [-0.25, -0.2) is 4.68 Å². The van der Waals surface area contributed by atoms with E-state index in [0.29, 0.717) is 6.54 Å². The quantitative estimate of drug-likeness (QED) is 0.873. The van der Waals surface area contributed by atoms with Crippen LogP contribution in [0.4, 0.5) is 13.2 Å². The molecule has 0 aliphatic heterocycles. The smallest absolute Gasteiger partial charge is 0.348 e. The first-order valence-electron chi connectivity index (χ1n) is 8.62. The molecule has 0 radical (unpaired) electrons. The number of aromatic nitrogens is 2. The fourth-order valence-electron chi connectivity index (χ4n) is 3.34. The molecule has 1 saturated carbocycles. The molecule has 0 saturated heterocycles. The molecule has 8 heteroatoms. The van der Waals surface area contributed by atoms with Crippen molar-refractivity contribution in [2.45, 2.75) is 37.9 Å². The van der Waals surface area contributed by atoms with Gasteiger partial charge in [-0.15, -0.1) is 0 Å². The molecular weight excluding hydrogens is 345 g/mol. The van der Waals surface area contributed by atoms with Crippen LogP contribution in [0.3, 0.4) is 0 Å². The zero-order valence-corrected chi connectivity index (χ0v) is 14.2. The highest BCUT2D eigenvalue weighted by Crippen LogP contribution is 2.30. The van der Waals surface area contributed by atoms with Gasteiger partial charge in [-0.2, -0.15) is 18.3 Å². The van der Waals surface area contributed by atoms with Gasteiger partial charge in [-0.05, 0) is 49.6 Å². The maximum Gasteiger partial charge on any atom is 0.416 e. The molecule has 1 amide bonds. The van der Waals surface area contributed by atoms with Crippen molar-refractivity contribution in [3.8, 4) is 5.69 Å². The summed E-state index contributed by atoms with van der Waals surface area (Å²) in [4.78, 5) is 12.4. The molecule has 2 aromatic rings. The average molecular weight is 366 g/mol. The number of nitrogens with one attached hydrogen (secondary N) is 1. The van der Waals surface area contributed by atoms with E-state index in [9.17, 15) is 18.0 Å². The van der Waals surface area contributed by atoms with E-state index in [1.54, 1.807) is 0 Å². The molecule has 1 heterocycles. The normalized spacial score (nSPS) is 20.8. The molecule has 5 nitrogen and oxygen atoms in total. The number of rotatable bonds is 4. The van der Waals surface area contributed by atoms with Gasteiger partial charge >= 0.3 is 6.18 Å². The highest BCUT2D eigenvalue weighted by Gasteiger charge is 2.30. The molecule has 2 atom stereocenters. The van der Waals surface area contributed by atoms with E-state index in [-0.39, 0.29) is 29.2 Å². The summed E-state index contributed by atoms with van der Waals surface area (Å²) in [6, 6.07) is 6.33. The molecule has 140 valence electrons. The first-order valence-corrected chi connectivity index (χ1v) is 8.62. The second kappa shape index (κ2) is 7.49. The number of hydrogen-bond donors (Lipinski definition) is 2. The Bertz CT molecular complexity index is 772. The van der Waals surface area contributed by atoms with Crippen LogP contribution in [0.5, 0.6) is 0 Å². The minimum Gasteiger partial charge on any atom is -0.348 e. The van der Waals surface area contributed by atoms with Crippen molar-refractivity contribution < 1.29 is 18.0 Å². The number of amides is 1. The lowest BCUT2D eigenvalue weighted by Gasteiger charge is -2.31. The van der Waals surface area contributed by atoms with Gasteiger partial charge in [0.1, 0.15) is 0 Å². The molecule has 1 aliphatic carbocycles. The van der Waals surface area contributed by atoms with Gasteiger partial charge in [0.05, 0.1) is 11.3 Å². The van der Waals surface area contributed by atoms with E-state index in [2.05, 4.69) is 10.4 Å². The van der Waals surface area contributed by atoms with Crippen LogP contribution in [0.15, 0.2) is 36.5 Å².